The molecule has 138 valence electrons. The summed E-state index contributed by atoms with van der Waals surface area (Å²) in [6.45, 7) is 2.08. The number of sulfonamides is 1. The predicted molar refractivity (Wildman–Crippen MR) is 92.7 cm³/mol. The maximum absolute atomic E-state index is 12.0. The zero-order valence-electron chi connectivity index (χ0n) is 14.3. The second kappa shape index (κ2) is 10.7. The van der Waals surface area contributed by atoms with Crippen LogP contribution in [0.3, 0.4) is 0 Å². The number of nitrogens with one attached hydrogen (secondary N) is 1. The lowest BCUT2D eigenvalue weighted by Gasteiger charge is -2.18. The molecule has 0 unspecified atom stereocenters. The van der Waals surface area contributed by atoms with Crippen molar-refractivity contribution in [3.8, 4) is 0 Å². The normalized spacial score (nSPS) is 11.8. The highest BCUT2D eigenvalue weighted by molar-refractivity contribution is 7.88. The summed E-state index contributed by atoms with van der Waals surface area (Å²) in [7, 11) is -0.167. The van der Waals surface area contributed by atoms with Crippen LogP contribution in [0, 0.1) is 0 Å². The number of rotatable bonds is 12. The van der Waals surface area contributed by atoms with Gasteiger partial charge in [0, 0.05) is 45.9 Å². The molecule has 0 aromatic carbocycles. The van der Waals surface area contributed by atoms with Gasteiger partial charge in [0.05, 0.1) is 12.8 Å². The average molecular weight is 380 g/mol. The van der Waals surface area contributed by atoms with Crippen LogP contribution in [0.1, 0.15) is 28.3 Å². The zero-order valence-corrected chi connectivity index (χ0v) is 15.9. The standard InChI is InChI=1S/C14H25N3O5S2/c1-21-8-4-6-15-14(18)12-11-23-13(16-12)10-17(24(3,19)20)7-5-9-22-2/h11H,4-10H2,1-3H3,(H,15,18). The molecule has 0 aliphatic rings. The second-order valence-electron chi connectivity index (χ2n) is 5.17. The van der Waals surface area contributed by atoms with Gasteiger partial charge in [-0.1, -0.05) is 0 Å². The summed E-state index contributed by atoms with van der Waals surface area (Å²) < 4.78 is 34.9. The predicted octanol–water partition coefficient (Wildman–Crippen LogP) is 0.708. The first-order valence-electron chi connectivity index (χ1n) is 7.54. The maximum atomic E-state index is 12.0. The van der Waals surface area contributed by atoms with Crippen molar-refractivity contribution < 1.29 is 22.7 Å². The van der Waals surface area contributed by atoms with E-state index in [0.717, 1.165) is 12.7 Å². The van der Waals surface area contributed by atoms with Crippen molar-refractivity contribution in [2.75, 3.05) is 46.8 Å². The monoisotopic (exact) mass is 379 g/mol. The van der Waals surface area contributed by atoms with Crippen LogP contribution in [0.25, 0.3) is 0 Å². The van der Waals surface area contributed by atoms with Crippen LogP contribution in [0.5, 0.6) is 0 Å². The second-order valence-corrected chi connectivity index (χ2v) is 8.10. The van der Waals surface area contributed by atoms with Crippen LogP contribution in [0.2, 0.25) is 0 Å². The molecule has 1 aromatic heterocycles. The van der Waals surface area contributed by atoms with E-state index in [4.69, 9.17) is 9.47 Å². The molecule has 1 N–H and O–H groups in total. The summed E-state index contributed by atoms with van der Waals surface area (Å²) in [6.07, 6.45) is 2.49. The fraction of sp³-hybridized carbons (Fsp3) is 0.714. The van der Waals surface area contributed by atoms with Gasteiger partial charge in [0.1, 0.15) is 10.7 Å². The van der Waals surface area contributed by atoms with Crippen LogP contribution >= 0.6 is 11.3 Å². The molecule has 8 nitrogen and oxygen atoms in total. The Kier molecular flexibility index (Phi) is 9.37. The fourth-order valence-corrected chi connectivity index (χ4v) is 3.58. The lowest BCUT2D eigenvalue weighted by molar-refractivity contribution is 0.0944. The summed E-state index contributed by atoms with van der Waals surface area (Å²) >= 11 is 1.27. The topological polar surface area (TPSA) is 97.8 Å². The first-order chi connectivity index (χ1) is 11.4. The van der Waals surface area contributed by atoms with Gasteiger partial charge in [-0.2, -0.15) is 4.31 Å². The maximum Gasteiger partial charge on any atom is 0.270 e. The largest absolute Gasteiger partial charge is 0.385 e. The van der Waals surface area contributed by atoms with E-state index in [1.165, 1.54) is 15.6 Å². The number of carbonyl (C=O) groups excluding carboxylic acids is 1. The number of methoxy groups -OCH3 is 2. The molecule has 24 heavy (non-hydrogen) atoms. The number of ether oxygens (including phenoxy) is 2. The lowest BCUT2D eigenvalue weighted by Crippen LogP contribution is -2.31. The Morgan fingerprint density at radius 3 is 2.58 bits per heavy atom. The van der Waals surface area contributed by atoms with Crippen LogP contribution < -0.4 is 5.32 Å². The Balaban J connectivity index is 2.60. The number of nitrogens with zero attached hydrogens (tertiary/aromatic N) is 2. The molecular weight excluding hydrogens is 354 g/mol. The third-order valence-electron chi connectivity index (χ3n) is 3.13. The van der Waals surface area contributed by atoms with E-state index in [9.17, 15) is 13.2 Å². The van der Waals surface area contributed by atoms with E-state index in [0.29, 0.717) is 43.4 Å². The van der Waals surface area contributed by atoms with Gasteiger partial charge in [0.25, 0.3) is 5.91 Å². The number of aromatic nitrogens is 1. The minimum absolute atomic E-state index is 0.157. The van der Waals surface area contributed by atoms with Crippen molar-refractivity contribution in [1.82, 2.24) is 14.6 Å². The number of thiazole rings is 1. The summed E-state index contributed by atoms with van der Waals surface area (Å²) in [5, 5.41) is 4.97. The van der Waals surface area contributed by atoms with Crippen molar-refractivity contribution >= 4 is 27.3 Å². The average Bonchev–Trinajstić information content (AvgIpc) is 2.98. The van der Waals surface area contributed by atoms with Crippen molar-refractivity contribution in [2.45, 2.75) is 19.4 Å². The molecule has 0 radical (unpaired) electrons. The van der Waals surface area contributed by atoms with Crippen LogP contribution in [-0.2, 0) is 26.0 Å². The van der Waals surface area contributed by atoms with Gasteiger partial charge < -0.3 is 14.8 Å². The lowest BCUT2D eigenvalue weighted by atomic mass is 10.4. The summed E-state index contributed by atoms with van der Waals surface area (Å²) in [5.74, 6) is -0.265. The minimum Gasteiger partial charge on any atom is -0.385 e. The van der Waals surface area contributed by atoms with E-state index < -0.39 is 10.0 Å². The van der Waals surface area contributed by atoms with Crippen molar-refractivity contribution in [1.29, 1.82) is 0 Å². The summed E-state index contributed by atoms with van der Waals surface area (Å²) in [5.41, 5.74) is 0.303. The van der Waals surface area contributed by atoms with Crippen LogP contribution in [0.15, 0.2) is 5.38 Å². The Labute approximate surface area is 147 Å². The molecule has 0 aliphatic carbocycles. The van der Waals surface area contributed by atoms with Gasteiger partial charge in [0.2, 0.25) is 10.0 Å². The number of hydrogen-bond donors (Lipinski definition) is 1. The van der Waals surface area contributed by atoms with Gasteiger partial charge in [-0.25, -0.2) is 13.4 Å². The van der Waals surface area contributed by atoms with E-state index in [1.807, 2.05) is 0 Å². The molecule has 0 saturated carbocycles. The van der Waals surface area contributed by atoms with Crippen molar-refractivity contribution in [2.24, 2.45) is 0 Å². The van der Waals surface area contributed by atoms with Crippen LogP contribution in [0.4, 0.5) is 0 Å². The van der Waals surface area contributed by atoms with E-state index in [-0.39, 0.29) is 12.5 Å². The molecule has 1 heterocycles. The molecule has 1 aromatic rings. The number of carbonyl (C=O) groups is 1. The molecule has 0 aliphatic heterocycles. The Bertz CT molecular complexity index is 603. The van der Waals surface area contributed by atoms with Gasteiger partial charge in [-0.05, 0) is 12.8 Å². The molecule has 1 rings (SSSR count). The van der Waals surface area contributed by atoms with Gasteiger partial charge in [-0.3, -0.25) is 4.79 Å². The van der Waals surface area contributed by atoms with Gasteiger partial charge in [0.15, 0.2) is 0 Å². The molecule has 0 saturated heterocycles. The van der Waals surface area contributed by atoms with Gasteiger partial charge in [-0.15, -0.1) is 11.3 Å². The highest BCUT2D eigenvalue weighted by atomic mass is 32.2. The SMILES string of the molecule is COCCCNC(=O)c1csc(CN(CCCOC)S(C)(=O)=O)n1. The van der Waals surface area contributed by atoms with E-state index >= 15 is 0 Å². The Morgan fingerprint density at radius 2 is 1.96 bits per heavy atom. The smallest absolute Gasteiger partial charge is 0.270 e. The third kappa shape index (κ3) is 7.67. The van der Waals surface area contributed by atoms with E-state index in [2.05, 4.69) is 10.3 Å². The first-order valence-corrected chi connectivity index (χ1v) is 10.3. The fourth-order valence-electron chi connectivity index (χ4n) is 1.90. The number of hydrogen-bond acceptors (Lipinski definition) is 7. The highest BCUT2D eigenvalue weighted by Gasteiger charge is 2.19. The van der Waals surface area contributed by atoms with Gasteiger partial charge >= 0.3 is 0 Å². The zero-order chi connectivity index (χ0) is 18.0. The quantitative estimate of drug-likeness (QED) is 0.537. The molecule has 0 spiro atoms. The Hall–Kier alpha value is -1.07. The highest BCUT2D eigenvalue weighted by Crippen LogP contribution is 2.14. The number of amides is 1. The first kappa shape index (κ1) is 21.0. The van der Waals surface area contributed by atoms with E-state index in [1.54, 1.807) is 19.6 Å². The Morgan fingerprint density at radius 1 is 1.29 bits per heavy atom. The molecule has 0 atom stereocenters. The summed E-state index contributed by atoms with van der Waals surface area (Å²) in [4.78, 5) is 16.2. The van der Waals surface area contributed by atoms with Crippen LogP contribution in [-0.4, -0.2) is 70.4 Å². The third-order valence-corrected chi connectivity index (χ3v) is 5.22. The minimum atomic E-state index is -3.35. The van der Waals surface area contributed by atoms with Crippen molar-refractivity contribution in [3.05, 3.63) is 16.1 Å². The summed E-state index contributed by atoms with van der Waals surface area (Å²) in [6, 6.07) is 0. The van der Waals surface area contributed by atoms with Crippen molar-refractivity contribution in [3.63, 3.8) is 0 Å². The molecule has 10 heteroatoms. The molecule has 0 bridgehead atoms. The molecular formula is C14H25N3O5S2. The molecule has 0 fully saturated rings. The molecule has 1 amide bonds.